The van der Waals surface area contributed by atoms with Crippen LogP contribution in [0.1, 0.15) is 43.7 Å². The van der Waals surface area contributed by atoms with Crippen LogP contribution in [0.5, 0.6) is 0 Å². The van der Waals surface area contributed by atoms with E-state index in [0.717, 1.165) is 41.9 Å². The highest BCUT2D eigenvalue weighted by molar-refractivity contribution is 7.99. The Balaban J connectivity index is 1.64. The van der Waals surface area contributed by atoms with E-state index in [1.54, 1.807) is 22.7 Å². The van der Waals surface area contributed by atoms with E-state index in [1.165, 1.54) is 12.1 Å². The van der Waals surface area contributed by atoms with Gasteiger partial charge < -0.3 is 10.2 Å². The lowest BCUT2D eigenvalue weighted by Gasteiger charge is -2.27. The van der Waals surface area contributed by atoms with Gasteiger partial charge in [0.2, 0.25) is 11.8 Å². The van der Waals surface area contributed by atoms with E-state index in [-0.39, 0.29) is 30.2 Å². The molecule has 1 saturated heterocycles. The zero-order chi connectivity index (χ0) is 16.2. The Morgan fingerprint density at radius 1 is 1.35 bits per heavy atom. The van der Waals surface area contributed by atoms with Crippen LogP contribution in [-0.2, 0) is 9.59 Å². The second-order valence-electron chi connectivity index (χ2n) is 6.07. The van der Waals surface area contributed by atoms with E-state index in [4.69, 9.17) is 0 Å². The maximum atomic E-state index is 13.5. The van der Waals surface area contributed by atoms with Crippen LogP contribution in [0, 0.1) is 5.82 Å². The first-order chi connectivity index (χ1) is 11.1. The highest BCUT2D eigenvalue weighted by Gasteiger charge is 2.25. The largest absolute Gasteiger partial charge is 0.348 e. The molecule has 1 unspecified atom stereocenters. The number of hydrogen-bond acceptors (Lipinski definition) is 3. The normalized spacial score (nSPS) is 21.5. The Hall–Kier alpha value is -1.56. The Labute approximate surface area is 139 Å². The Morgan fingerprint density at radius 2 is 2.22 bits per heavy atom. The molecule has 124 valence electrons. The standard InChI is InChI=1S/C17H21FN2O2S/c18-12-5-6-15-13(10-12)14(7-9-23-15)19-16(21)11-20-8-3-1-2-4-17(20)22/h5-6,10,14H,1-4,7-9,11H2,(H,19,21). The molecule has 1 N–H and O–H groups in total. The highest BCUT2D eigenvalue weighted by Crippen LogP contribution is 2.36. The summed E-state index contributed by atoms with van der Waals surface area (Å²) in [5.74, 6) is 0.510. The first kappa shape index (κ1) is 16.3. The van der Waals surface area contributed by atoms with Gasteiger partial charge in [-0.05, 0) is 43.0 Å². The van der Waals surface area contributed by atoms with Gasteiger partial charge in [-0.25, -0.2) is 4.39 Å². The summed E-state index contributed by atoms with van der Waals surface area (Å²) in [6.45, 7) is 0.755. The third kappa shape index (κ3) is 4.05. The lowest BCUT2D eigenvalue weighted by Crippen LogP contribution is -2.42. The average molecular weight is 336 g/mol. The molecule has 3 rings (SSSR count). The van der Waals surface area contributed by atoms with Crippen molar-refractivity contribution in [1.82, 2.24) is 10.2 Å². The molecular weight excluding hydrogens is 315 g/mol. The molecular formula is C17H21FN2O2S. The molecule has 2 amide bonds. The second-order valence-corrected chi connectivity index (χ2v) is 7.20. The Bertz CT molecular complexity index is 608. The maximum absolute atomic E-state index is 13.5. The number of halogens is 1. The predicted molar refractivity (Wildman–Crippen MR) is 87.7 cm³/mol. The van der Waals surface area contributed by atoms with Gasteiger partial charge in [-0.15, -0.1) is 11.8 Å². The van der Waals surface area contributed by atoms with Crippen molar-refractivity contribution in [2.75, 3.05) is 18.8 Å². The minimum atomic E-state index is -0.284. The molecule has 0 spiro atoms. The predicted octanol–water partition coefficient (Wildman–Crippen LogP) is 2.88. The van der Waals surface area contributed by atoms with E-state index in [9.17, 15) is 14.0 Å². The van der Waals surface area contributed by atoms with E-state index in [0.29, 0.717) is 13.0 Å². The van der Waals surface area contributed by atoms with Crippen LogP contribution in [0.25, 0.3) is 0 Å². The van der Waals surface area contributed by atoms with E-state index in [2.05, 4.69) is 5.32 Å². The molecule has 1 aromatic carbocycles. The van der Waals surface area contributed by atoms with Crippen LogP contribution >= 0.6 is 11.8 Å². The van der Waals surface area contributed by atoms with E-state index in [1.807, 2.05) is 0 Å². The number of nitrogens with zero attached hydrogens (tertiary/aromatic N) is 1. The minimum Gasteiger partial charge on any atom is -0.348 e. The molecule has 4 nitrogen and oxygen atoms in total. The first-order valence-electron chi connectivity index (χ1n) is 8.13. The lowest BCUT2D eigenvalue weighted by molar-refractivity contribution is -0.135. The number of benzene rings is 1. The fraction of sp³-hybridized carbons (Fsp3) is 0.529. The van der Waals surface area contributed by atoms with Crippen molar-refractivity contribution in [1.29, 1.82) is 0 Å². The zero-order valence-corrected chi connectivity index (χ0v) is 13.8. The zero-order valence-electron chi connectivity index (χ0n) is 13.0. The number of thioether (sulfide) groups is 1. The summed E-state index contributed by atoms with van der Waals surface area (Å²) < 4.78 is 13.5. The number of amides is 2. The van der Waals surface area contributed by atoms with Gasteiger partial charge in [0.1, 0.15) is 5.82 Å². The summed E-state index contributed by atoms with van der Waals surface area (Å²) in [6.07, 6.45) is 4.20. The number of fused-ring (bicyclic) bond motifs is 1. The molecule has 0 radical (unpaired) electrons. The van der Waals surface area contributed by atoms with Gasteiger partial charge in [0.25, 0.3) is 0 Å². The molecule has 2 aliphatic heterocycles. The summed E-state index contributed by atoms with van der Waals surface area (Å²) in [4.78, 5) is 27.0. The lowest BCUT2D eigenvalue weighted by atomic mass is 10.0. The fourth-order valence-electron chi connectivity index (χ4n) is 3.13. The summed E-state index contributed by atoms with van der Waals surface area (Å²) >= 11 is 1.68. The van der Waals surface area contributed by atoms with Crippen molar-refractivity contribution >= 4 is 23.6 Å². The molecule has 23 heavy (non-hydrogen) atoms. The highest BCUT2D eigenvalue weighted by atomic mass is 32.2. The van der Waals surface area contributed by atoms with Crippen LogP contribution in [-0.4, -0.2) is 35.6 Å². The number of nitrogens with one attached hydrogen (secondary N) is 1. The molecule has 2 heterocycles. The SMILES string of the molecule is O=C(CN1CCCCCC1=O)NC1CCSc2ccc(F)cc21. The van der Waals surface area contributed by atoms with Crippen molar-refractivity contribution in [2.45, 2.75) is 43.0 Å². The van der Waals surface area contributed by atoms with Crippen LogP contribution in [0.4, 0.5) is 4.39 Å². The van der Waals surface area contributed by atoms with Gasteiger partial charge in [0.15, 0.2) is 0 Å². The third-order valence-electron chi connectivity index (χ3n) is 4.35. The molecule has 1 fully saturated rings. The molecule has 0 saturated carbocycles. The van der Waals surface area contributed by atoms with Gasteiger partial charge >= 0.3 is 0 Å². The van der Waals surface area contributed by atoms with Crippen LogP contribution in [0.2, 0.25) is 0 Å². The van der Waals surface area contributed by atoms with Crippen LogP contribution in [0.15, 0.2) is 23.1 Å². The summed E-state index contributed by atoms with van der Waals surface area (Å²) in [5.41, 5.74) is 0.844. The van der Waals surface area contributed by atoms with Crippen molar-refractivity contribution in [3.63, 3.8) is 0 Å². The second kappa shape index (κ2) is 7.34. The van der Waals surface area contributed by atoms with E-state index >= 15 is 0 Å². The van der Waals surface area contributed by atoms with Crippen molar-refractivity contribution in [2.24, 2.45) is 0 Å². The van der Waals surface area contributed by atoms with Gasteiger partial charge in [-0.1, -0.05) is 6.42 Å². The fourth-order valence-corrected chi connectivity index (χ4v) is 4.24. The van der Waals surface area contributed by atoms with Crippen LogP contribution in [0.3, 0.4) is 0 Å². The first-order valence-corrected chi connectivity index (χ1v) is 9.11. The van der Waals surface area contributed by atoms with Crippen LogP contribution < -0.4 is 5.32 Å². The number of carbonyl (C=O) groups is 2. The molecule has 0 aromatic heterocycles. The molecule has 6 heteroatoms. The van der Waals surface area contributed by atoms with Gasteiger partial charge in [0.05, 0.1) is 12.6 Å². The monoisotopic (exact) mass is 336 g/mol. The number of rotatable bonds is 3. The van der Waals surface area contributed by atoms with Crippen molar-refractivity contribution in [3.05, 3.63) is 29.6 Å². The summed E-state index contributed by atoms with van der Waals surface area (Å²) in [6, 6.07) is 4.55. The summed E-state index contributed by atoms with van der Waals surface area (Å²) in [7, 11) is 0. The van der Waals surface area contributed by atoms with Gasteiger partial charge in [-0.2, -0.15) is 0 Å². The quantitative estimate of drug-likeness (QED) is 0.923. The topological polar surface area (TPSA) is 49.4 Å². The number of hydrogen-bond donors (Lipinski definition) is 1. The average Bonchev–Trinajstić information content (AvgIpc) is 2.73. The maximum Gasteiger partial charge on any atom is 0.240 e. The Morgan fingerprint density at radius 3 is 3.09 bits per heavy atom. The molecule has 0 aliphatic carbocycles. The van der Waals surface area contributed by atoms with E-state index < -0.39 is 0 Å². The van der Waals surface area contributed by atoms with Crippen molar-refractivity contribution < 1.29 is 14.0 Å². The minimum absolute atomic E-state index is 0.0586. The third-order valence-corrected chi connectivity index (χ3v) is 5.48. The smallest absolute Gasteiger partial charge is 0.240 e. The van der Waals surface area contributed by atoms with Gasteiger partial charge in [0, 0.05) is 23.6 Å². The molecule has 0 bridgehead atoms. The number of carbonyl (C=O) groups excluding carboxylic acids is 2. The van der Waals surface area contributed by atoms with Crippen molar-refractivity contribution in [3.8, 4) is 0 Å². The summed E-state index contributed by atoms with van der Waals surface area (Å²) in [5, 5.41) is 2.98. The molecule has 1 atom stereocenters. The number of likely N-dealkylation sites (tertiary alicyclic amines) is 1. The molecule has 2 aliphatic rings. The van der Waals surface area contributed by atoms with Gasteiger partial charge in [-0.3, -0.25) is 9.59 Å². The Kier molecular flexibility index (Phi) is 5.20. The molecule has 1 aromatic rings.